The van der Waals surface area contributed by atoms with Crippen LogP contribution in [-0.2, 0) is 0 Å². The summed E-state index contributed by atoms with van der Waals surface area (Å²) < 4.78 is 5.69. The second-order valence-electron chi connectivity index (χ2n) is 11.3. The predicted octanol–water partition coefficient (Wildman–Crippen LogP) is 10.5. The Labute approximate surface area is 257 Å². The second-order valence-corrected chi connectivity index (χ2v) is 18.3. The van der Waals surface area contributed by atoms with Crippen molar-refractivity contribution in [2.75, 3.05) is 5.32 Å². The maximum atomic E-state index is 9.65. The van der Waals surface area contributed by atoms with E-state index < -0.39 is 14.1 Å². The van der Waals surface area contributed by atoms with Crippen LogP contribution in [0, 0.1) is 5.16 Å². The molecule has 0 aliphatic carbocycles. The maximum Gasteiger partial charge on any atom is 0.0632 e. The van der Waals surface area contributed by atoms with Gasteiger partial charge in [-0.1, -0.05) is 155 Å². The van der Waals surface area contributed by atoms with Crippen LogP contribution < -0.4 is 21.2 Å². The van der Waals surface area contributed by atoms with Crippen molar-refractivity contribution in [3.05, 3.63) is 157 Å². The molecule has 5 rings (SSSR count). The lowest BCUT2D eigenvalue weighted by atomic mass is 10.1. The highest BCUT2D eigenvalue weighted by Crippen LogP contribution is 2.59. The zero-order valence-corrected chi connectivity index (χ0v) is 27.2. The Morgan fingerprint density at radius 3 is 1.56 bits per heavy atom. The molecule has 0 atom stereocenters. The van der Waals surface area contributed by atoms with Gasteiger partial charge in [-0.15, -0.1) is 0 Å². The monoisotopic (exact) mass is 601 g/mol. The summed E-state index contributed by atoms with van der Waals surface area (Å²) in [5, 5.41) is 17.1. The molecule has 0 aliphatic heterocycles. The van der Waals surface area contributed by atoms with E-state index in [-0.39, 0.29) is 11.3 Å². The summed E-state index contributed by atoms with van der Waals surface area (Å²) in [5.41, 5.74) is 4.52. The van der Waals surface area contributed by atoms with Gasteiger partial charge >= 0.3 is 0 Å². The van der Waals surface area contributed by atoms with Gasteiger partial charge in [-0.25, -0.2) is 0 Å². The van der Waals surface area contributed by atoms with E-state index >= 15 is 0 Å². The van der Waals surface area contributed by atoms with Crippen molar-refractivity contribution in [3.8, 4) is 0 Å². The van der Waals surface area contributed by atoms with E-state index in [1.54, 1.807) is 0 Å². The first-order valence-electron chi connectivity index (χ1n) is 14.9. The second kappa shape index (κ2) is 13.6. The van der Waals surface area contributed by atoms with Crippen LogP contribution in [0.15, 0.2) is 156 Å². The van der Waals surface area contributed by atoms with Crippen molar-refractivity contribution >= 4 is 47.1 Å². The van der Waals surface area contributed by atoms with Gasteiger partial charge in [0.15, 0.2) is 0 Å². The van der Waals surface area contributed by atoms with E-state index in [1.807, 2.05) is 12.1 Å². The summed E-state index contributed by atoms with van der Waals surface area (Å²) in [6, 6.07) is 50.9. The molecule has 5 aromatic rings. The van der Waals surface area contributed by atoms with Crippen LogP contribution in [-0.4, -0.2) is 11.3 Å². The molecule has 43 heavy (non-hydrogen) atoms. The first-order chi connectivity index (χ1) is 20.8. The summed E-state index contributed by atoms with van der Waals surface area (Å²) in [7, 11) is -4.74. The molecule has 0 aromatic heterocycles. The average molecular weight is 602 g/mol. The Morgan fingerprint density at radius 1 is 0.605 bits per heavy atom. The molecular formula is C38H41N3P2. The van der Waals surface area contributed by atoms with Crippen LogP contribution in [0.1, 0.15) is 33.3 Å². The van der Waals surface area contributed by atoms with Crippen molar-refractivity contribution < 1.29 is 0 Å². The minimum Gasteiger partial charge on any atom is -0.354 e. The van der Waals surface area contributed by atoms with Crippen LogP contribution in [0.25, 0.3) is 5.70 Å². The Bertz CT molecular complexity index is 1710. The van der Waals surface area contributed by atoms with Gasteiger partial charge in [-0.2, -0.15) is 0 Å². The lowest BCUT2D eigenvalue weighted by Gasteiger charge is -2.31. The van der Waals surface area contributed by atoms with E-state index in [2.05, 4.69) is 172 Å². The van der Waals surface area contributed by atoms with Gasteiger partial charge < -0.3 is 10.5 Å². The number of rotatable bonds is 10. The molecule has 218 valence electrons. The fourth-order valence-electron chi connectivity index (χ4n) is 5.46. The first-order valence-corrected chi connectivity index (χ1v) is 18.6. The van der Waals surface area contributed by atoms with Crippen LogP contribution in [0.3, 0.4) is 0 Å². The molecule has 0 heterocycles. The Kier molecular flexibility index (Phi) is 9.66. The summed E-state index contributed by atoms with van der Waals surface area (Å²) in [6.45, 7) is 8.75. The van der Waals surface area contributed by atoms with Crippen LogP contribution >= 0.6 is 14.1 Å². The fraction of sp³-hybridized carbons (Fsp3) is 0.158. The first kappa shape index (κ1) is 30.6. The smallest absolute Gasteiger partial charge is 0.0632 e. The van der Waals surface area contributed by atoms with Gasteiger partial charge in [0.05, 0.1) is 12.7 Å². The van der Waals surface area contributed by atoms with E-state index in [4.69, 9.17) is 4.74 Å². The fourth-order valence-corrected chi connectivity index (χ4v) is 11.6. The van der Waals surface area contributed by atoms with E-state index in [9.17, 15) is 5.16 Å². The minimum atomic E-state index is -2.55. The molecule has 0 unspecified atom stereocenters. The summed E-state index contributed by atoms with van der Waals surface area (Å²) in [6.07, 6.45) is 0. The molecule has 0 radical (unpaired) electrons. The normalized spacial score (nSPS) is 12.4. The van der Waals surface area contributed by atoms with Gasteiger partial charge in [-0.05, 0) is 48.0 Å². The number of hydrogen-bond donors (Lipinski definition) is 2. The third-order valence-corrected chi connectivity index (χ3v) is 15.8. The number of nitrogens with one attached hydrogen (secondary N) is 2. The van der Waals surface area contributed by atoms with Crippen molar-refractivity contribution in [1.82, 2.24) is 0 Å². The number of anilines is 1. The molecule has 5 heteroatoms. The Morgan fingerprint density at radius 2 is 1.05 bits per heavy atom. The lowest BCUT2D eigenvalue weighted by molar-refractivity contribution is 0.994. The van der Waals surface area contributed by atoms with Crippen LogP contribution in [0.4, 0.5) is 11.4 Å². The zero-order valence-electron chi connectivity index (χ0n) is 25.4. The number of nitrogens with zero attached hydrogens (tertiary/aromatic N) is 1. The highest BCUT2D eigenvalue weighted by Gasteiger charge is 2.31. The van der Waals surface area contributed by atoms with E-state index in [1.165, 1.54) is 10.6 Å². The largest absolute Gasteiger partial charge is 0.354 e. The molecular weight excluding hydrogens is 560 g/mol. The average Bonchev–Trinajstić information content (AvgIpc) is 3.05. The molecule has 0 fully saturated rings. The van der Waals surface area contributed by atoms with Gasteiger partial charge in [0.25, 0.3) is 0 Å². The molecule has 0 saturated heterocycles. The van der Waals surface area contributed by atoms with Gasteiger partial charge in [0, 0.05) is 27.3 Å². The zero-order chi connectivity index (χ0) is 30.3. The highest BCUT2D eigenvalue weighted by atomic mass is 31.2. The quantitative estimate of drug-likeness (QED) is 0.154. The molecule has 2 N–H and O–H groups in total. The number of hydrogen-bond acceptors (Lipinski definition) is 3. The van der Waals surface area contributed by atoms with Crippen molar-refractivity contribution in [2.24, 2.45) is 4.74 Å². The molecule has 0 amide bonds. The Balaban J connectivity index is 1.83. The van der Waals surface area contributed by atoms with Crippen molar-refractivity contribution in [2.45, 2.75) is 39.0 Å². The third kappa shape index (κ3) is 6.54. The molecule has 0 saturated carbocycles. The minimum absolute atomic E-state index is 0.247. The molecule has 0 aliphatic rings. The van der Waals surface area contributed by atoms with Crippen LogP contribution in [0.2, 0.25) is 0 Å². The standard InChI is InChI=1S/C38H41N3P2/c1-30(2)42(39,31(3)4)29-37(32-19-9-5-10-20-32)40-36-27-17-18-28-38(36)43(34-23-13-7-14-24-34,35-25-15-8-16-26-35)41-33-21-11-6-12-22-33/h5-31,39-40H,1-4H3/b37-29-. The highest BCUT2D eigenvalue weighted by molar-refractivity contribution is 7.87. The third-order valence-electron chi connectivity index (χ3n) is 7.94. The van der Waals surface area contributed by atoms with Gasteiger partial charge in [0.1, 0.15) is 0 Å². The maximum absolute atomic E-state index is 9.65. The summed E-state index contributed by atoms with van der Waals surface area (Å²) in [4.78, 5) is 0. The van der Waals surface area contributed by atoms with Crippen LogP contribution in [0.5, 0.6) is 0 Å². The topological polar surface area (TPSA) is 48.2 Å². The predicted molar refractivity (Wildman–Crippen MR) is 192 cm³/mol. The van der Waals surface area contributed by atoms with Gasteiger partial charge in [0.2, 0.25) is 0 Å². The van der Waals surface area contributed by atoms with E-state index in [0.29, 0.717) is 0 Å². The van der Waals surface area contributed by atoms with E-state index in [0.717, 1.165) is 27.9 Å². The summed E-state index contributed by atoms with van der Waals surface area (Å²) >= 11 is 0. The van der Waals surface area contributed by atoms with Crippen molar-refractivity contribution in [3.63, 3.8) is 0 Å². The molecule has 0 spiro atoms. The SMILES string of the molecule is CC(C)P(=N)(/C=C(\Nc1ccccc1P(=Nc1ccccc1)(c1ccccc1)c1ccccc1)c1ccccc1)C(C)C. The summed E-state index contributed by atoms with van der Waals surface area (Å²) in [5.74, 6) is 2.24. The number of para-hydroxylation sites is 1. The lowest BCUT2D eigenvalue weighted by Crippen LogP contribution is -2.27. The molecule has 3 nitrogen and oxygen atoms in total. The number of benzene rings is 5. The Hall–Kier alpha value is -3.90. The molecule has 5 aromatic carbocycles. The van der Waals surface area contributed by atoms with Gasteiger partial charge in [-0.3, -0.25) is 4.74 Å². The van der Waals surface area contributed by atoms with Crippen molar-refractivity contribution in [1.29, 1.82) is 5.16 Å². The molecule has 0 bridgehead atoms.